The molecule has 0 aromatic heterocycles. The molecule has 1 aromatic rings. The lowest BCUT2D eigenvalue weighted by Crippen LogP contribution is -2.34. The fourth-order valence-electron chi connectivity index (χ4n) is 2.28. The van der Waals surface area contributed by atoms with Gasteiger partial charge < -0.3 is 9.84 Å². The van der Waals surface area contributed by atoms with Gasteiger partial charge in [0.15, 0.2) is 0 Å². The quantitative estimate of drug-likeness (QED) is 0.896. The van der Waals surface area contributed by atoms with Crippen molar-refractivity contribution in [2.75, 3.05) is 13.1 Å². The summed E-state index contributed by atoms with van der Waals surface area (Å²) in [6, 6.07) is 4.01. The molecule has 6 nitrogen and oxygen atoms in total. The van der Waals surface area contributed by atoms with E-state index in [9.17, 15) is 26.4 Å². The van der Waals surface area contributed by atoms with Crippen molar-refractivity contribution in [1.82, 2.24) is 4.31 Å². The molecule has 0 spiro atoms. The second-order valence-electron chi connectivity index (χ2n) is 5.48. The zero-order chi connectivity index (χ0) is 17.5. The van der Waals surface area contributed by atoms with E-state index >= 15 is 0 Å². The second kappa shape index (κ2) is 5.68. The minimum atomic E-state index is -4.93. The van der Waals surface area contributed by atoms with Crippen LogP contribution in [0.3, 0.4) is 0 Å². The summed E-state index contributed by atoms with van der Waals surface area (Å²) in [6.45, 7) is 1.17. The Morgan fingerprint density at radius 2 is 2.04 bits per heavy atom. The van der Waals surface area contributed by atoms with Crippen LogP contribution in [0.1, 0.15) is 13.3 Å². The van der Waals surface area contributed by atoms with Crippen molar-refractivity contribution in [3.8, 4) is 5.75 Å². The van der Waals surface area contributed by atoms with Gasteiger partial charge in [-0.1, -0.05) is 6.07 Å². The lowest BCUT2D eigenvalue weighted by molar-refractivity contribution is -0.274. The average Bonchev–Trinajstić information content (AvgIpc) is 2.82. The number of halogens is 3. The number of hydrogen-bond donors (Lipinski definition) is 1. The van der Waals surface area contributed by atoms with E-state index in [1.54, 1.807) is 0 Å². The number of aliphatic carboxylic acids is 1. The van der Waals surface area contributed by atoms with Crippen molar-refractivity contribution >= 4 is 16.0 Å². The van der Waals surface area contributed by atoms with Crippen LogP contribution in [-0.4, -0.2) is 43.3 Å². The minimum Gasteiger partial charge on any atom is -0.481 e. The van der Waals surface area contributed by atoms with E-state index in [2.05, 4.69) is 4.74 Å². The van der Waals surface area contributed by atoms with Crippen LogP contribution in [0.2, 0.25) is 0 Å². The highest BCUT2D eigenvalue weighted by Gasteiger charge is 2.45. The van der Waals surface area contributed by atoms with E-state index in [-0.39, 0.29) is 24.4 Å². The third-order valence-corrected chi connectivity index (χ3v) is 5.47. The number of sulfonamides is 1. The Balaban J connectivity index is 2.27. The third-order valence-electron chi connectivity index (χ3n) is 3.63. The highest BCUT2D eigenvalue weighted by Crippen LogP contribution is 2.34. The summed E-state index contributed by atoms with van der Waals surface area (Å²) >= 11 is 0. The SMILES string of the molecule is CC1(C(=O)O)CCN(S(=O)(=O)c2cccc(OC(F)(F)F)c2)C1. The highest BCUT2D eigenvalue weighted by molar-refractivity contribution is 7.89. The van der Waals surface area contributed by atoms with E-state index in [4.69, 9.17) is 5.11 Å². The van der Waals surface area contributed by atoms with E-state index in [0.29, 0.717) is 0 Å². The number of carboxylic acid groups (broad SMARTS) is 1. The van der Waals surface area contributed by atoms with Crippen LogP contribution < -0.4 is 4.74 Å². The molecule has 128 valence electrons. The van der Waals surface area contributed by atoms with Gasteiger partial charge in [0.05, 0.1) is 10.3 Å². The van der Waals surface area contributed by atoms with Crippen LogP contribution in [0.5, 0.6) is 5.75 Å². The molecule has 0 saturated carbocycles. The summed E-state index contributed by atoms with van der Waals surface area (Å²) in [4.78, 5) is 10.8. The average molecular weight is 353 g/mol. The molecular formula is C13H14F3NO5S. The Kier molecular flexibility index (Phi) is 4.33. The minimum absolute atomic E-state index is 0.0184. The fraction of sp³-hybridized carbons (Fsp3) is 0.462. The van der Waals surface area contributed by atoms with Crippen LogP contribution in [0.15, 0.2) is 29.2 Å². The molecule has 1 N–H and O–H groups in total. The van der Waals surface area contributed by atoms with E-state index < -0.39 is 33.5 Å². The number of rotatable bonds is 4. The summed E-state index contributed by atoms with van der Waals surface area (Å²) in [5.41, 5.74) is -1.22. The molecule has 1 heterocycles. The van der Waals surface area contributed by atoms with Crippen molar-refractivity contribution in [1.29, 1.82) is 0 Å². The van der Waals surface area contributed by atoms with Crippen LogP contribution in [0.25, 0.3) is 0 Å². The van der Waals surface area contributed by atoms with Gasteiger partial charge in [-0.05, 0) is 25.5 Å². The van der Waals surface area contributed by atoms with Crippen LogP contribution in [0, 0.1) is 5.41 Å². The second-order valence-corrected chi connectivity index (χ2v) is 7.42. The molecule has 1 atom stereocenters. The fourth-order valence-corrected chi connectivity index (χ4v) is 3.88. The predicted octanol–water partition coefficient (Wildman–Crippen LogP) is 2.07. The summed E-state index contributed by atoms with van der Waals surface area (Å²) in [6.07, 6.45) is -4.81. The number of ether oxygens (including phenoxy) is 1. The number of benzene rings is 1. The number of hydrogen-bond acceptors (Lipinski definition) is 4. The smallest absolute Gasteiger partial charge is 0.481 e. The maximum Gasteiger partial charge on any atom is 0.573 e. The van der Waals surface area contributed by atoms with Crippen LogP contribution in [0.4, 0.5) is 13.2 Å². The topological polar surface area (TPSA) is 83.9 Å². The molecule has 0 radical (unpaired) electrons. The van der Waals surface area contributed by atoms with Gasteiger partial charge >= 0.3 is 12.3 Å². The van der Waals surface area contributed by atoms with E-state index in [1.165, 1.54) is 6.92 Å². The summed E-state index contributed by atoms with van der Waals surface area (Å²) in [5.74, 6) is -1.77. The molecule has 1 saturated heterocycles. The lowest BCUT2D eigenvalue weighted by Gasteiger charge is -2.20. The normalized spacial score (nSPS) is 23.0. The van der Waals surface area contributed by atoms with Gasteiger partial charge in [0.1, 0.15) is 5.75 Å². The Morgan fingerprint density at radius 1 is 1.39 bits per heavy atom. The lowest BCUT2D eigenvalue weighted by atomic mass is 9.90. The first-order chi connectivity index (χ1) is 10.4. The van der Waals surface area contributed by atoms with Gasteiger partial charge in [0.2, 0.25) is 10.0 Å². The Hall–Kier alpha value is -1.81. The van der Waals surface area contributed by atoms with E-state index in [1.807, 2.05) is 0 Å². The molecule has 0 aliphatic carbocycles. The molecule has 0 amide bonds. The molecule has 23 heavy (non-hydrogen) atoms. The Morgan fingerprint density at radius 3 is 2.57 bits per heavy atom. The molecule has 0 bridgehead atoms. The Bertz CT molecular complexity index is 719. The maximum absolute atomic E-state index is 12.5. The van der Waals surface area contributed by atoms with Gasteiger partial charge in [0.25, 0.3) is 0 Å². The largest absolute Gasteiger partial charge is 0.573 e. The maximum atomic E-state index is 12.5. The van der Waals surface area contributed by atoms with Crippen molar-refractivity contribution in [3.63, 3.8) is 0 Å². The zero-order valence-electron chi connectivity index (χ0n) is 12.0. The molecule has 10 heteroatoms. The zero-order valence-corrected chi connectivity index (χ0v) is 12.8. The Labute approximate surface area is 130 Å². The standard InChI is InChI=1S/C13H14F3NO5S/c1-12(11(18)19)5-6-17(8-12)23(20,21)10-4-2-3-9(7-10)22-13(14,15)16/h2-4,7H,5-6,8H2,1H3,(H,18,19). The van der Waals surface area contributed by atoms with Gasteiger partial charge in [-0.25, -0.2) is 8.42 Å². The number of carboxylic acids is 1. The van der Waals surface area contributed by atoms with Crippen molar-refractivity contribution in [2.45, 2.75) is 24.6 Å². The van der Waals surface area contributed by atoms with Crippen LogP contribution >= 0.6 is 0 Å². The molecule has 1 aliphatic rings. The third kappa shape index (κ3) is 3.75. The predicted molar refractivity (Wildman–Crippen MR) is 72.2 cm³/mol. The summed E-state index contributed by atoms with van der Waals surface area (Å²) < 4.78 is 66.2. The van der Waals surface area contributed by atoms with Gasteiger partial charge in [-0.3, -0.25) is 4.79 Å². The first-order valence-corrected chi connectivity index (χ1v) is 7.97. The van der Waals surface area contributed by atoms with Crippen molar-refractivity contribution in [2.24, 2.45) is 5.41 Å². The number of nitrogens with zero attached hydrogens (tertiary/aromatic N) is 1. The molecule has 1 aromatic carbocycles. The first kappa shape index (κ1) is 17.5. The highest BCUT2D eigenvalue weighted by atomic mass is 32.2. The summed E-state index contributed by atoms with van der Waals surface area (Å²) in [5, 5.41) is 9.13. The van der Waals surface area contributed by atoms with Gasteiger partial charge in [-0.2, -0.15) is 4.31 Å². The van der Waals surface area contributed by atoms with Gasteiger partial charge in [-0.15, -0.1) is 13.2 Å². The molecule has 1 fully saturated rings. The van der Waals surface area contributed by atoms with Gasteiger partial charge in [0, 0.05) is 19.2 Å². The van der Waals surface area contributed by atoms with E-state index in [0.717, 1.165) is 28.6 Å². The first-order valence-electron chi connectivity index (χ1n) is 6.53. The number of alkyl halides is 3. The molecule has 2 rings (SSSR count). The molecule has 1 unspecified atom stereocenters. The summed E-state index contributed by atoms with van der Waals surface area (Å²) in [7, 11) is -4.10. The van der Waals surface area contributed by atoms with Crippen molar-refractivity contribution in [3.05, 3.63) is 24.3 Å². The monoisotopic (exact) mass is 353 g/mol. The van der Waals surface area contributed by atoms with Crippen molar-refractivity contribution < 1.29 is 36.2 Å². The van der Waals surface area contributed by atoms with Crippen LogP contribution in [-0.2, 0) is 14.8 Å². The molecular weight excluding hydrogens is 339 g/mol. The molecule has 1 aliphatic heterocycles. The number of carbonyl (C=O) groups is 1.